The van der Waals surface area contributed by atoms with E-state index in [0.29, 0.717) is 17.7 Å². The van der Waals surface area contributed by atoms with Gasteiger partial charge in [0.25, 0.3) is 5.91 Å². The second-order valence-electron chi connectivity index (χ2n) is 6.90. The van der Waals surface area contributed by atoms with Gasteiger partial charge in [-0.3, -0.25) is 9.36 Å². The SMILES string of the molecule is O=C(O)C1COCCN1C(=O)c1ccc2c(c1)[nH]c(=O)n2C1CCCC1. The third-order valence-corrected chi connectivity index (χ3v) is 5.33. The van der Waals surface area contributed by atoms with Crippen LogP contribution in [0.15, 0.2) is 23.0 Å². The topological polar surface area (TPSA) is 105 Å². The molecule has 1 amide bonds. The van der Waals surface area contributed by atoms with Gasteiger partial charge in [-0.25, -0.2) is 9.59 Å². The molecule has 1 atom stereocenters. The maximum atomic E-state index is 12.8. The second-order valence-corrected chi connectivity index (χ2v) is 6.90. The molecule has 2 heterocycles. The highest BCUT2D eigenvalue weighted by molar-refractivity contribution is 5.99. The molecule has 0 radical (unpaired) electrons. The Hall–Kier alpha value is -2.61. The molecule has 138 valence electrons. The van der Waals surface area contributed by atoms with Crippen molar-refractivity contribution in [3.63, 3.8) is 0 Å². The lowest BCUT2D eigenvalue weighted by Gasteiger charge is -2.32. The molecule has 0 spiro atoms. The number of carbonyl (C=O) groups is 2. The number of imidazole rings is 1. The zero-order chi connectivity index (χ0) is 18.3. The van der Waals surface area contributed by atoms with E-state index < -0.39 is 12.0 Å². The van der Waals surface area contributed by atoms with Gasteiger partial charge in [0.05, 0.1) is 24.2 Å². The summed E-state index contributed by atoms with van der Waals surface area (Å²) >= 11 is 0. The van der Waals surface area contributed by atoms with Gasteiger partial charge in [0.1, 0.15) is 0 Å². The first-order valence-corrected chi connectivity index (χ1v) is 8.92. The third-order valence-electron chi connectivity index (χ3n) is 5.33. The number of H-pyrrole nitrogens is 1. The molecule has 1 aromatic carbocycles. The molecule has 1 saturated heterocycles. The molecule has 8 heteroatoms. The van der Waals surface area contributed by atoms with Crippen LogP contribution < -0.4 is 5.69 Å². The van der Waals surface area contributed by atoms with E-state index in [4.69, 9.17) is 4.74 Å². The Balaban J connectivity index is 1.68. The lowest BCUT2D eigenvalue weighted by atomic mass is 10.1. The molecule has 0 bridgehead atoms. The number of hydrogen-bond donors (Lipinski definition) is 2. The van der Waals surface area contributed by atoms with Gasteiger partial charge < -0.3 is 19.7 Å². The van der Waals surface area contributed by atoms with Crippen molar-refractivity contribution in [1.82, 2.24) is 14.5 Å². The minimum absolute atomic E-state index is 0.0157. The molecule has 4 rings (SSSR count). The largest absolute Gasteiger partial charge is 0.480 e. The third kappa shape index (κ3) is 2.80. The van der Waals surface area contributed by atoms with Gasteiger partial charge in [-0.1, -0.05) is 12.8 Å². The summed E-state index contributed by atoms with van der Waals surface area (Å²) in [6, 6.07) is 4.29. The minimum Gasteiger partial charge on any atom is -0.480 e. The number of aromatic nitrogens is 2. The number of hydrogen-bond acceptors (Lipinski definition) is 4. The van der Waals surface area contributed by atoms with Gasteiger partial charge in [0.2, 0.25) is 0 Å². The highest BCUT2D eigenvalue weighted by Gasteiger charge is 2.33. The zero-order valence-electron chi connectivity index (χ0n) is 14.3. The Morgan fingerprint density at radius 3 is 2.73 bits per heavy atom. The van der Waals surface area contributed by atoms with Crippen LogP contribution in [0.25, 0.3) is 11.0 Å². The van der Waals surface area contributed by atoms with Crippen LogP contribution in [-0.4, -0.2) is 57.2 Å². The smallest absolute Gasteiger partial charge is 0.328 e. The number of aromatic amines is 1. The summed E-state index contributed by atoms with van der Waals surface area (Å²) in [5.74, 6) is -1.45. The Kier molecular flexibility index (Phi) is 4.28. The molecule has 26 heavy (non-hydrogen) atoms. The number of carboxylic acid groups (broad SMARTS) is 1. The normalized spacial score (nSPS) is 21.4. The number of morpholine rings is 1. The van der Waals surface area contributed by atoms with Crippen LogP contribution in [0, 0.1) is 0 Å². The number of rotatable bonds is 3. The van der Waals surface area contributed by atoms with Crippen molar-refractivity contribution in [1.29, 1.82) is 0 Å². The van der Waals surface area contributed by atoms with Crippen LogP contribution in [0.5, 0.6) is 0 Å². The summed E-state index contributed by atoms with van der Waals surface area (Å²) in [4.78, 5) is 40.7. The van der Waals surface area contributed by atoms with Crippen molar-refractivity contribution >= 4 is 22.9 Å². The molecule has 1 saturated carbocycles. The molecular formula is C18H21N3O5. The van der Waals surface area contributed by atoms with Crippen LogP contribution in [0.1, 0.15) is 42.1 Å². The van der Waals surface area contributed by atoms with E-state index in [2.05, 4.69) is 4.98 Å². The van der Waals surface area contributed by atoms with Crippen LogP contribution >= 0.6 is 0 Å². The molecule has 1 aliphatic carbocycles. The molecule has 1 aromatic heterocycles. The van der Waals surface area contributed by atoms with Crippen molar-refractivity contribution < 1.29 is 19.4 Å². The van der Waals surface area contributed by atoms with E-state index in [1.165, 1.54) is 4.90 Å². The van der Waals surface area contributed by atoms with Crippen molar-refractivity contribution in [3.8, 4) is 0 Å². The van der Waals surface area contributed by atoms with E-state index in [9.17, 15) is 19.5 Å². The highest BCUT2D eigenvalue weighted by atomic mass is 16.5. The van der Waals surface area contributed by atoms with Crippen LogP contribution in [0.3, 0.4) is 0 Å². The van der Waals surface area contributed by atoms with E-state index in [-0.39, 0.29) is 30.8 Å². The van der Waals surface area contributed by atoms with Gasteiger partial charge in [0, 0.05) is 18.2 Å². The predicted molar refractivity (Wildman–Crippen MR) is 93.3 cm³/mol. The molecule has 8 nitrogen and oxygen atoms in total. The fraction of sp³-hybridized carbons (Fsp3) is 0.500. The van der Waals surface area contributed by atoms with Crippen molar-refractivity contribution in [2.75, 3.05) is 19.8 Å². The average molecular weight is 359 g/mol. The first kappa shape index (κ1) is 16.8. The Bertz CT molecular complexity index is 909. The first-order valence-electron chi connectivity index (χ1n) is 8.92. The summed E-state index contributed by atoms with van der Waals surface area (Å²) in [5, 5.41) is 9.31. The zero-order valence-corrected chi connectivity index (χ0v) is 14.3. The fourth-order valence-corrected chi connectivity index (χ4v) is 4.01. The molecule has 2 N–H and O–H groups in total. The Labute approximate surface area is 149 Å². The average Bonchev–Trinajstić information content (AvgIpc) is 3.26. The summed E-state index contributed by atoms with van der Waals surface area (Å²) in [5.41, 5.74) is 1.60. The van der Waals surface area contributed by atoms with Gasteiger partial charge in [-0.2, -0.15) is 0 Å². The molecule has 1 aliphatic heterocycles. The standard InChI is InChI=1S/C18H21N3O5/c22-16(20-7-8-26-10-15(20)17(23)24)11-5-6-14-13(9-11)19-18(25)21(14)12-3-1-2-4-12/h5-6,9,12,15H,1-4,7-8,10H2,(H,19,25)(H,23,24). The quantitative estimate of drug-likeness (QED) is 0.861. The van der Waals surface area contributed by atoms with E-state index in [0.717, 1.165) is 31.2 Å². The summed E-state index contributed by atoms with van der Waals surface area (Å²) in [7, 11) is 0. The molecule has 2 aromatic rings. The van der Waals surface area contributed by atoms with Crippen LogP contribution in [0.4, 0.5) is 0 Å². The highest BCUT2D eigenvalue weighted by Crippen LogP contribution is 2.31. The fourth-order valence-electron chi connectivity index (χ4n) is 4.01. The summed E-state index contributed by atoms with van der Waals surface area (Å²) in [6.45, 7) is 0.526. The number of carbonyl (C=O) groups excluding carboxylic acids is 1. The number of nitrogens with one attached hydrogen (secondary N) is 1. The van der Waals surface area contributed by atoms with Crippen molar-refractivity contribution in [2.45, 2.75) is 37.8 Å². The lowest BCUT2D eigenvalue weighted by Crippen LogP contribution is -2.52. The second kappa shape index (κ2) is 6.60. The Morgan fingerprint density at radius 1 is 1.23 bits per heavy atom. The van der Waals surface area contributed by atoms with Gasteiger partial charge in [-0.15, -0.1) is 0 Å². The van der Waals surface area contributed by atoms with Gasteiger partial charge >= 0.3 is 11.7 Å². The maximum Gasteiger partial charge on any atom is 0.328 e. The summed E-state index contributed by atoms with van der Waals surface area (Å²) in [6.07, 6.45) is 4.21. The van der Waals surface area contributed by atoms with Crippen LogP contribution in [-0.2, 0) is 9.53 Å². The number of fused-ring (bicyclic) bond motifs is 1. The summed E-state index contributed by atoms with van der Waals surface area (Å²) < 4.78 is 6.96. The molecule has 2 aliphatic rings. The predicted octanol–water partition coefficient (Wildman–Crippen LogP) is 1.37. The lowest BCUT2D eigenvalue weighted by molar-refractivity contribution is -0.147. The number of nitrogens with zero attached hydrogens (tertiary/aromatic N) is 2. The Morgan fingerprint density at radius 2 is 2.00 bits per heavy atom. The minimum atomic E-state index is -1.08. The van der Waals surface area contributed by atoms with E-state index >= 15 is 0 Å². The number of amides is 1. The number of aliphatic carboxylic acids is 1. The van der Waals surface area contributed by atoms with E-state index in [1.807, 2.05) is 0 Å². The maximum absolute atomic E-state index is 12.8. The molecular weight excluding hydrogens is 338 g/mol. The molecule has 1 unspecified atom stereocenters. The van der Waals surface area contributed by atoms with Gasteiger partial charge in [0.15, 0.2) is 6.04 Å². The van der Waals surface area contributed by atoms with Gasteiger partial charge in [-0.05, 0) is 31.0 Å². The number of ether oxygens (including phenoxy) is 1. The van der Waals surface area contributed by atoms with Crippen molar-refractivity contribution in [2.24, 2.45) is 0 Å². The number of carboxylic acids is 1. The van der Waals surface area contributed by atoms with Crippen molar-refractivity contribution in [3.05, 3.63) is 34.2 Å². The first-order chi connectivity index (χ1) is 12.6. The number of benzene rings is 1. The molecule has 2 fully saturated rings. The van der Waals surface area contributed by atoms with E-state index in [1.54, 1.807) is 22.8 Å². The monoisotopic (exact) mass is 359 g/mol. The van der Waals surface area contributed by atoms with Crippen LogP contribution in [0.2, 0.25) is 0 Å².